The SMILES string of the molecule is CCCCC/C=C\C/C=C\CCCCCCCC(=O)O.CCCCCCCCCCCCCCCCCCN(C)CC(=O)O. The van der Waals surface area contributed by atoms with Crippen molar-refractivity contribution in [1.29, 1.82) is 0 Å². The molecular formula is C39H75NO4. The first-order valence-corrected chi connectivity index (χ1v) is 18.9. The molecule has 0 aliphatic rings. The molecule has 0 aromatic heterocycles. The van der Waals surface area contributed by atoms with E-state index in [0.717, 1.165) is 38.6 Å². The fourth-order valence-corrected chi connectivity index (χ4v) is 5.33. The lowest BCUT2D eigenvalue weighted by atomic mass is 10.0. The summed E-state index contributed by atoms with van der Waals surface area (Å²) in [5, 5.41) is 17.2. The molecule has 0 aromatic carbocycles. The summed E-state index contributed by atoms with van der Waals surface area (Å²) in [7, 11) is 1.89. The fraction of sp³-hybridized carbons (Fsp3) is 0.846. The third-order valence-electron chi connectivity index (χ3n) is 8.14. The van der Waals surface area contributed by atoms with Crippen LogP contribution in [0.2, 0.25) is 0 Å². The number of unbranched alkanes of at least 4 members (excludes halogenated alkanes) is 23. The van der Waals surface area contributed by atoms with E-state index in [2.05, 4.69) is 38.2 Å². The highest BCUT2D eigenvalue weighted by molar-refractivity contribution is 5.69. The summed E-state index contributed by atoms with van der Waals surface area (Å²) in [5.74, 6) is -1.40. The Bertz CT molecular complexity index is 646. The normalized spacial score (nSPS) is 11.5. The fourth-order valence-electron chi connectivity index (χ4n) is 5.33. The molecule has 0 radical (unpaired) electrons. The molecule has 0 aliphatic carbocycles. The predicted octanol–water partition coefficient (Wildman–Crippen LogP) is 12.1. The maximum absolute atomic E-state index is 10.5. The topological polar surface area (TPSA) is 77.8 Å². The van der Waals surface area contributed by atoms with Crippen molar-refractivity contribution in [3.63, 3.8) is 0 Å². The van der Waals surface area contributed by atoms with Crippen molar-refractivity contribution < 1.29 is 19.8 Å². The summed E-state index contributed by atoms with van der Waals surface area (Å²) in [5.41, 5.74) is 0. The Morgan fingerprint density at radius 1 is 0.477 bits per heavy atom. The maximum Gasteiger partial charge on any atom is 0.317 e. The summed E-state index contributed by atoms with van der Waals surface area (Å²) in [6.07, 6.45) is 44.3. The Morgan fingerprint density at radius 2 is 0.841 bits per heavy atom. The van der Waals surface area contributed by atoms with E-state index in [9.17, 15) is 9.59 Å². The second kappa shape index (κ2) is 39.4. The molecule has 0 saturated carbocycles. The van der Waals surface area contributed by atoms with Crippen LogP contribution >= 0.6 is 0 Å². The van der Waals surface area contributed by atoms with Crippen LogP contribution in [0.25, 0.3) is 0 Å². The summed E-state index contributed by atoms with van der Waals surface area (Å²) >= 11 is 0. The Morgan fingerprint density at radius 3 is 1.27 bits per heavy atom. The molecule has 0 saturated heterocycles. The van der Waals surface area contributed by atoms with Crippen molar-refractivity contribution in [1.82, 2.24) is 4.90 Å². The van der Waals surface area contributed by atoms with Gasteiger partial charge in [-0.25, -0.2) is 0 Å². The van der Waals surface area contributed by atoms with Crippen molar-refractivity contribution in [3.8, 4) is 0 Å². The molecule has 0 atom stereocenters. The molecule has 0 amide bonds. The largest absolute Gasteiger partial charge is 0.481 e. The number of carbonyl (C=O) groups is 2. The molecule has 2 N–H and O–H groups in total. The van der Waals surface area contributed by atoms with Gasteiger partial charge in [0.2, 0.25) is 0 Å². The van der Waals surface area contributed by atoms with Gasteiger partial charge in [0.15, 0.2) is 0 Å². The van der Waals surface area contributed by atoms with E-state index < -0.39 is 11.9 Å². The number of carboxylic acid groups (broad SMARTS) is 2. The quantitative estimate of drug-likeness (QED) is 0.0563. The minimum absolute atomic E-state index is 0.165. The average Bonchev–Trinajstić information content (AvgIpc) is 2.98. The molecule has 0 aliphatic heterocycles. The van der Waals surface area contributed by atoms with E-state index >= 15 is 0 Å². The second-order valence-corrected chi connectivity index (χ2v) is 12.8. The van der Waals surface area contributed by atoms with Gasteiger partial charge in [-0.3, -0.25) is 14.5 Å². The summed E-state index contributed by atoms with van der Waals surface area (Å²) < 4.78 is 0. The lowest BCUT2D eigenvalue weighted by molar-refractivity contribution is -0.138. The van der Waals surface area contributed by atoms with E-state index in [1.165, 1.54) is 141 Å². The lowest BCUT2D eigenvalue weighted by Crippen LogP contribution is -2.26. The summed E-state index contributed by atoms with van der Waals surface area (Å²) in [4.78, 5) is 22.8. The van der Waals surface area contributed by atoms with E-state index in [1.807, 2.05) is 11.9 Å². The second-order valence-electron chi connectivity index (χ2n) is 12.8. The van der Waals surface area contributed by atoms with Crippen LogP contribution in [-0.2, 0) is 9.59 Å². The van der Waals surface area contributed by atoms with Crippen LogP contribution < -0.4 is 0 Å². The maximum atomic E-state index is 10.5. The van der Waals surface area contributed by atoms with Gasteiger partial charge in [0.1, 0.15) is 0 Å². The molecule has 0 bridgehead atoms. The lowest BCUT2D eigenvalue weighted by Gasteiger charge is -2.13. The predicted molar refractivity (Wildman–Crippen MR) is 192 cm³/mol. The van der Waals surface area contributed by atoms with Crippen molar-refractivity contribution >= 4 is 11.9 Å². The van der Waals surface area contributed by atoms with Gasteiger partial charge >= 0.3 is 11.9 Å². The first kappa shape index (κ1) is 44.5. The third kappa shape index (κ3) is 44.8. The van der Waals surface area contributed by atoms with Gasteiger partial charge in [-0.15, -0.1) is 0 Å². The third-order valence-corrected chi connectivity index (χ3v) is 8.14. The summed E-state index contributed by atoms with van der Waals surface area (Å²) in [6.45, 7) is 5.59. The van der Waals surface area contributed by atoms with Crippen molar-refractivity contribution in [2.45, 2.75) is 194 Å². The van der Waals surface area contributed by atoms with Gasteiger partial charge in [-0.05, 0) is 58.5 Å². The van der Waals surface area contributed by atoms with Gasteiger partial charge < -0.3 is 10.2 Å². The Kier molecular flexibility index (Phi) is 39.9. The van der Waals surface area contributed by atoms with E-state index in [-0.39, 0.29) is 6.54 Å². The van der Waals surface area contributed by atoms with Crippen molar-refractivity contribution in [2.75, 3.05) is 20.1 Å². The molecule has 260 valence electrons. The van der Waals surface area contributed by atoms with Crippen LogP contribution in [0.4, 0.5) is 0 Å². The van der Waals surface area contributed by atoms with Crippen LogP contribution in [-0.4, -0.2) is 47.2 Å². The Labute approximate surface area is 274 Å². The standard InChI is InChI=1S/C21H43NO2.C18H32O2/c1-3-4-5-6-7-8-9-10-11-12-13-14-15-16-17-18-19-22(2)20-21(23)24;1-2-3-4-5-6-7-8-9-10-11-12-13-14-15-16-17-18(19)20/h3-20H2,1-2H3,(H,23,24);6-7,9-10H,2-5,8,11-17H2,1H3,(H,19,20)/b;7-6-,10-9-. The monoisotopic (exact) mass is 622 g/mol. The molecule has 5 heteroatoms. The van der Waals surface area contributed by atoms with Gasteiger partial charge in [0.25, 0.3) is 0 Å². The van der Waals surface area contributed by atoms with Crippen LogP contribution in [0.5, 0.6) is 0 Å². The molecule has 0 rings (SSSR count). The first-order chi connectivity index (χ1) is 21.4. The zero-order valence-corrected chi connectivity index (χ0v) is 29.7. The van der Waals surface area contributed by atoms with E-state index in [1.54, 1.807) is 0 Å². The van der Waals surface area contributed by atoms with Crippen molar-refractivity contribution in [3.05, 3.63) is 24.3 Å². The highest BCUT2D eigenvalue weighted by Crippen LogP contribution is 2.14. The number of allylic oxidation sites excluding steroid dienone is 4. The average molecular weight is 622 g/mol. The Hall–Kier alpha value is -1.62. The van der Waals surface area contributed by atoms with Crippen molar-refractivity contribution in [2.24, 2.45) is 0 Å². The highest BCUT2D eigenvalue weighted by atomic mass is 16.4. The smallest absolute Gasteiger partial charge is 0.317 e. The van der Waals surface area contributed by atoms with E-state index in [0.29, 0.717) is 6.42 Å². The molecule has 0 fully saturated rings. The zero-order valence-electron chi connectivity index (χ0n) is 29.7. The molecule has 0 unspecified atom stereocenters. The number of rotatable bonds is 33. The number of likely N-dealkylation sites (N-methyl/N-ethyl adjacent to an activating group) is 1. The molecular weight excluding hydrogens is 546 g/mol. The molecule has 5 nitrogen and oxygen atoms in total. The zero-order chi connectivity index (χ0) is 32.8. The van der Waals surface area contributed by atoms with Gasteiger partial charge in [0, 0.05) is 6.42 Å². The van der Waals surface area contributed by atoms with Gasteiger partial charge in [0.05, 0.1) is 6.54 Å². The highest BCUT2D eigenvalue weighted by Gasteiger charge is 2.03. The van der Waals surface area contributed by atoms with Gasteiger partial charge in [-0.1, -0.05) is 167 Å². The number of carboxylic acids is 2. The first-order valence-electron chi connectivity index (χ1n) is 18.9. The number of hydrogen-bond donors (Lipinski definition) is 2. The minimum Gasteiger partial charge on any atom is -0.481 e. The van der Waals surface area contributed by atoms with Crippen LogP contribution in [0, 0.1) is 0 Å². The number of aliphatic carboxylic acids is 2. The molecule has 0 spiro atoms. The Balaban J connectivity index is 0. The van der Waals surface area contributed by atoms with Crippen LogP contribution in [0.1, 0.15) is 194 Å². The molecule has 0 aromatic rings. The van der Waals surface area contributed by atoms with Crippen LogP contribution in [0.15, 0.2) is 24.3 Å². The minimum atomic E-state index is -0.728. The summed E-state index contributed by atoms with van der Waals surface area (Å²) in [6, 6.07) is 0. The van der Waals surface area contributed by atoms with E-state index in [4.69, 9.17) is 10.2 Å². The van der Waals surface area contributed by atoms with Gasteiger partial charge in [-0.2, -0.15) is 0 Å². The number of hydrogen-bond acceptors (Lipinski definition) is 3. The van der Waals surface area contributed by atoms with Crippen LogP contribution in [0.3, 0.4) is 0 Å². The molecule has 0 heterocycles. The molecule has 44 heavy (non-hydrogen) atoms. The number of nitrogens with zero attached hydrogens (tertiary/aromatic N) is 1.